The molecular formula is C18H34N4O. The lowest BCUT2D eigenvalue weighted by Crippen LogP contribution is -2.41. The molecule has 1 saturated heterocycles. The van der Waals surface area contributed by atoms with Gasteiger partial charge in [0.25, 0.3) is 0 Å². The highest BCUT2D eigenvalue weighted by Crippen LogP contribution is 2.16. The highest BCUT2D eigenvalue weighted by Gasteiger charge is 2.17. The average Bonchev–Trinajstić information content (AvgIpc) is 2.59. The van der Waals surface area contributed by atoms with E-state index < -0.39 is 0 Å². The van der Waals surface area contributed by atoms with Gasteiger partial charge < -0.3 is 20.3 Å². The van der Waals surface area contributed by atoms with Crippen molar-refractivity contribution in [2.45, 2.75) is 51.5 Å². The summed E-state index contributed by atoms with van der Waals surface area (Å²) in [5.41, 5.74) is 1.50. The van der Waals surface area contributed by atoms with E-state index in [0.717, 1.165) is 51.1 Å². The highest BCUT2D eigenvalue weighted by molar-refractivity contribution is 5.79. The zero-order valence-electron chi connectivity index (χ0n) is 14.9. The molecule has 0 aromatic carbocycles. The Balaban J connectivity index is 1.55. The van der Waals surface area contributed by atoms with Crippen LogP contribution in [0.1, 0.15) is 45.4 Å². The number of nitrogens with one attached hydrogen (secondary N) is 2. The van der Waals surface area contributed by atoms with Crippen LogP contribution in [-0.2, 0) is 4.74 Å². The summed E-state index contributed by atoms with van der Waals surface area (Å²) in [7, 11) is 1.84. The van der Waals surface area contributed by atoms with Crippen LogP contribution in [0.4, 0.5) is 0 Å². The maximum absolute atomic E-state index is 5.33. The molecule has 1 fully saturated rings. The standard InChI is InChI=1S/C18H34N4O/c1-16-6-3-4-12-22(16)13-5-10-20-18(19-2)21-11-7-17-8-14-23-15-9-17/h8,16H,3-7,9-15H2,1-2H3,(H2,19,20,21). The minimum absolute atomic E-state index is 0.758. The lowest BCUT2D eigenvalue weighted by atomic mass is 10.0. The van der Waals surface area contributed by atoms with Crippen molar-refractivity contribution in [3.05, 3.63) is 11.6 Å². The molecule has 2 aliphatic rings. The number of rotatable bonds is 7. The lowest BCUT2D eigenvalue weighted by molar-refractivity contribution is 0.153. The molecule has 0 spiro atoms. The summed E-state index contributed by atoms with van der Waals surface area (Å²) in [6.45, 7) is 8.39. The summed E-state index contributed by atoms with van der Waals surface area (Å²) < 4.78 is 5.33. The molecule has 5 heteroatoms. The van der Waals surface area contributed by atoms with E-state index in [9.17, 15) is 0 Å². The number of ether oxygens (including phenoxy) is 1. The van der Waals surface area contributed by atoms with E-state index in [1.807, 2.05) is 7.05 Å². The molecule has 0 aliphatic carbocycles. The molecule has 2 aliphatic heterocycles. The molecule has 0 saturated carbocycles. The van der Waals surface area contributed by atoms with Gasteiger partial charge in [-0.05, 0) is 45.6 Å². The lowest BCUT2D eigenvalue weighted by Gasteiger charge is -2.33. The van der Waals surface area contributed by atoms with E-state index in [1.165, 1.54) is 44.3 Å². The molecule has 0 radical (unpaired) electrons. The molecule has 2 heterocycles. The fourth-order valence-electron chi connectivity index (χ4n) is 3.33. The van der Waals surface area contributed by atoms with Crippen molar-refractivity contribution in [1.82, 2.24) is 15.5 Å². The number of hydrogen-bond donors (Lipinski definition) is 2. The van der Waals surface area contributed by atoms with Gasteiger partial charge in [0, 0.05) is 32.7 Å². The number of hydrogen-bond acceptors (Lipinski definition) is 3. The Morgan fingerprint density at radius 2 is 2.22 bits per heavy atom. The maximum Gasteiger partial charge on any atom is 0.190 e. The molecule has 0 amide bonds. The monoisotopic (exact) mass is 322 g/mol. The van der Waals surface area contributed by atoms with Crippen LogP contribution in [0.2, 0.25) is 0 Å². The van der Waals surface area contributed by atoms with Gasteiger partial charge in [-0.25, -0.2) is 0 Å². The normalized spacial score (nSPS) is 23.5. The van der Waals surface area contributed by atoms with Crippen LogP contribution < -0.4 is 10.6 Å². The summed E-state index contributed by atoms with van der Waals surface area (Å²) in [6.07, 6.45) is 9.65. The van der Waals surface area contributed by atoms with Crippen molar-refractivity contribution < 1.29 is 4.74 Å². The van der Waals surface area contributed by atoms with Crippen LogP contribution in [0.5, 0.6) is 0 Å². The van der Waals surface area contributed by atoms with Crippen LogP contribution in [-0.4, -0.2) is 63.3 Å². The molecule has 1 atom stereocenters. The quantitative estimate of drug-likeness (QED) is 0.326. The fraction of sp³-hybridized carbons (Fsp3) is 0.833. The van der Waals surface area contributed by atoms with E-state index in [-0.39, 0.29) is 0 Å². The van der Waals surface area contributed by atoms with E-state index in [4.69, 9.17) is 4.74 Å². The third-order valence-corrected chi connectivity index (χ3v) is 4.87. The second-order valence-corrected chi connectivity index (χ2v) is 6.60. The molecule has 23 heavy (non-hydrogen) atoms. The molecule has 2 rings (SSSR count). The van der Waals surface area contributed by atoms with E-state index in [1.54, 1.807) is 0 Å². The number of nitrogens with zero attached hydrogens (tertiary/aromatic N) is 2. The van der Waals surface area contributed by atoms with Crippen molar-refractivity contribution in [2.75, 3.05) is 46.4 Å². The Hall–Kier alpha value is -1.07. The number of likely N-dealkylation sites (tertiary alicyclic amines) is 1. The predicted molar refractivity (Wildman–Crippen MR) is 97.0 cm³/mol. The Bertz CT molecular complexity index is 394. The van der Waals surface area contributed by atoms with Gasteiger partial charge in [-0.1, -0.05) is 18.1 Å². The molecule has 0 bridgehead atoms. The Morgan fingerprint density at radius 3 is 2.96 bits per heavy atom. The van der Waals surface area contributed by atoms with Gasteiger partial charge in [0.15, 0.2) is 5.96 Å². The van der Waals surface area contributed by atoms with Gasteiger partial charge in [-0.2, -0.15) is 0 Å². The molecule has 0 aromatic rings. The first-order valence-corrected chi connectivity index (χ1v) is 9.24. The zero-order valence-corrected chi connectivity index (χ0v) is 14.9. The first-order chi connectivity index (χ1) is 11.3. The SMILES string of the molecule is CN=C(NCCCN1CCCCC1C)NCCC1=CCOCC1. The Labute approximate surface area is 141 Å². The van der Waals surface area contributed by atoms with Gasteiger partial charge in [0.2, 0.25) is 0 Å². The number of piperidine rings is 1. The summed E-state index contributed by atoms with van der Waals surface area (Å²) in [5, 5.41) is 6.84. The molecule has 1 unspecified atom stereocenters. The highest BCUT2D eigenvalue weighted by atomic mass is 16.5. The molecule has 0 aromatic heterocycles. The Morgan fingerprint density at radius 1 is 1.35 bits per heavy atom. The Kier molecular flexibility index (Phi) is 8.47. The minimum Gasteiger partial charge on any atom is -0.377 e. The molecule has 132 valence electrons. The third-order valence-electron chi connectivity index (χ3n) is 4.87. The summed E-state index contributed by atoms with van der Waals surface area (Å²) >= 11 is 0. The van der Waals surface area contributed by atoms with Gasteiger partial charge in [0.1, 0.15) is 0 Å². The van der Waals surface area contributed by atoms with Crippen molar-refractivity contribution in [3.8, 4) is 0 Å². The topological polar surface area (TPSA) is 48.9 Å². The van der Waals surface area contributed by atoms with Crippen LogP contribution in [0.15, 0.2) is 16.6 Å². The van der Waals surface area contributed by atoms with Crippen LogP contribution in [0.25, 0.3) is 0 Å². The summed E-state index contributed by atoms with van der Waals surface area (Å²) in [4.78, 5) is 6.93. The van der Waals surface area contributed by atoms with Crippen molar-refractivity contribution in [1.29, 1.82) is 0 Å². The summed E-state index contributed by atoms with van der Waals surface area (Å²) in [6, 6.07) is 0.758. The van der Waals surface area contributed by atoms with Crippen LogP contribution in [0.3, 0.4) is 0 Å². The van der Waals surface area contributed by atoms with E-state index in [2.05, 4.69) is 33.5 Å². The van der Waals surface area contributed by atoms with Gasteiger partial charge in [0.05, 0.1) is 13.2 Å². The van der Waals surface area contributed by atoms with Gasteiger partial charge in [-0.3, -0.25) is 4.99 Å². The third kappa shape index (κ3) is 6.92. The fourth-order valence-corrected chi connectivity index (χ4v) is 3.33. The first kappa shape index (κ1) is 18.3. The first-order valence-electron chi connectivity index (χ1n) is 9.24. The second-order valence-electron chi connectivity index (χ2n) is 6.60. The van der Waals surface area contributed by atoms with Crippen LogP contribution >= 0.6 is 0 Å². The molecule has 5 nitrogen and oxygen atoms in total. The smallest absolute Gasteiger partial charge is 0.190 e. The van der Waals surface area contributed by atoms with Gasteiger partial charge >= 0.3 is 0 Å². The van der Waals surface area contributed by atoms with E-state index >= 15 is 0 Å². The van der Waals surface area contributed by atoms with E-state index in [0.29, 0.717) is 0 Å². The zero-order chi connectivity index (χ0) is 16.3. The molecule has 2 N–H and O–H groups in total. The van der Waals surface area contributed by atoms with Crippen LogP contribution in [0, 0.1) is 0 Å². The van der Waals surface area contributed by atoms with Crippen molar-refractivity contribution in [2.24, 2.45) is 4.99 Å². The second kappa shape index (κ2) is 10.7. The summed E-state index contributed by atoms with van der Waals surface area (Å²) in [5.74, 6) is 0.921. The maximum atomic E-state index is 5.33. The number of aliphatic imine (C=N–C) groups is 1. The van der Waals surface area contributed by atoms with Crippen molar-refractivity contribution >= 4 is 5.96 Å². The largest absolute Gasteiger partial charge is 0.377 e. The van der Waals surface area contributed by atoms with Gasteiger partial charge in [-0.15, -0.1) is 0 Å². The average molecular weight is 322 g/mol. The molecular weight excluding hydrogens is 288 g/mol. The minimum atomic E-state index is 0.758. The number of guanidine groups is 1. The predicted octanol–water partition coefficient (Wildman–Crippen LogP) is 2.15. The van der Waals surface area contributed by atoms with Crippen molar-refractivity contribution in [3.63, 3.8) is 0 Å².